The quantitative estimate of drug-likeness (QED) is 0.567. The molecule has 0 bridgehead atoms. The third-order valence-electron chi connectivity index (χ3n) is 6.82. The molecule has 2 saturated carbocycles. The number of nitriles is 1. The first-order chi connectivity index (χ1) is 15.3. The maximum atomic E-state index is 13.2. The number of hydrogen-bond acceptors (Lipinski definition) is 8. The van der Waals surface area contributed by atoms with Crippen molar-refractivity contribution in [3.05, 3.63) is 29.0 Å². The summed E-state index contributed by atoms with van der Waals surface area (Å²) >= 11 is 1.39. The number of imidazole rings is 1. The lowest BCUT2D eigenvalue weighted by Crippen LogP contribution is -2.34. The van der Waals surface area contributed by atoms with E-state index in [2.05, 4.69) is 31.3 Å². The maximum absolute atomic E-state index is 13.2. The fraction of sp³-hybridized carbons (Fsp3) is 0.524. The van der Waals surface area contributed by atoms with Gasteiger partial charge in [0.2, 0.25) is 10.0 Å². The van der Waals surface area contributed by atoms with Crippen LogP contribution in [0.25, 0.3) is 16.3 Å². The molecule has 3 aromatic heterocycles. The monoisotopic (exact) mass is 469 g/mol. The van der Waals surface area contributed by atoms with E-state index in [1.165, 1.54) is 11.3 Å². The minimum absolute atomic E-state index is 0.192. The number of nitrogens with zero attached hydrogens (tertiary/aromatic N) is 5. The van der Waals surface area contributed by atoms with Crippen LogP contribution in [0.2, 0.25) is 0 Å². The minimum atomic E-state index is -3.68. The molecule has 0 radical (unpaired) electrons. The molecule has 1 unspecified atom stereocenters. The molecule has 0 spiro atoms. The largest absolute Gasteiger partial charge is 0.316 e. The van der Waals surface area contributed by atoms with Gasteiger partial charge in [-0.3, -0.25) is 4.40 Å². The zero-order valence-electron chi connectivity index (χ0n) is 17.6. The fourth-order valence-electron chi connectivity index (χ4n) is 4.30. The van der Waals surface area contributed by atoms with Crippen LogP contribution in [0.1, 0.15) is 55.5 Å². The first-order valence-electron chi connectivity index (χ1n) is 10.8. The highest BCUT2D eigenvalue weighted by Crippen LogP contribution is 2.49. The number of hydrogen-bond donors (Lipinski definition) is 2. The summed E-state index contributed by atoms with van der Waals surface area (Å²) in [5, 5.41) is 22.8. The van der Waals surface area contributed by atoms with Gasteiger partial charge in [-0.05, 0) is 51.6 Å². The van der Waals surface area contributed by atoms with E-state index < -0.39 is 15.4 Å². The van der Waals surface area contributed by atoms with Crippen molar-refractivity contribution < 1.29 is 8.42 Å². The number of nitrogens with one attached hydrogen (secondary N) is 2. The molecule has 166 valence electrons. The molecule has 3 fully saturated rings. The Kier molecular flexibility index (Phi) is 4.30. The SMILES string of the molecule is CC1(NS(=O)(=O)c2cc(C3CCNC3)c3ncc(-c4nnc(C5(C#N)CC5)s4)n3c2)CC1. The summed E-state index contributed by atoms with van der Waals surface area (Å²) in [5.41, 5.74) is 1.49. The van der Waals surface area contributed by atoms with Crippen LogP contribution in [0.15, 0.2) is 23.4 Å². The Labute approximate surface area is 189 Å². The number of sulfonamides is 1. The Bertz CT molecular complexity index is 1370. The van der Waals surface area contributed by atoms with E-state index in [9.17, 15) is 13.7 Å². The second kappa shape index (κ2) is 6.81. The highest BCUT2D eigenvalue weighted by Gasteiger charge is 2.48. The van der Waals surface area contributed by atoms with E-state index >= 15 is 0 Å². The Balaban J connectivity index is 1.49. The first kappa shape index (κ1) is 20.2. The van der Waals surface area contributed by atoms with Crippen LogP contribution in [0.5, 0.6) is 0 Å². The molecule has 11 heteroatoms. The first-order valence-corrected chi connectivity index (χ1v) is 13.1. The maximum Gasteiger partial charge on any atom is 0.242 e. The Hall–Kier alpha value is -2.39. The summed E-state index contributed by atoms with van der Waals surface area (Å²) in [7, 11) is -3.68. The summed E-state index contributed by atoms with van der Waals surface area (Å²) in [4.78, 5) is 4.89. The Morgan fingerprint density at radius 1 is 1.31 bits per heavy atom. The van der Waals surface area contributed by atoms with E-state index in [0.717, 1.165) is 61.4 Å². The summed E-state index contributed by atoms with van der Waals surface area (Å²) in [6.07, 6.45) is 7.59. The van der Waals surface area contributed by atoms with Crippen LogP contribution < -0.4 is 10.0 Å². The molecule has 1 atom stereocenters. The van der Waals surface area contributed by atoms with Crippen molar-refractivity contribution in [2.75, 3.05) is 13.1 Å². The van der Waals surface area contributed by atoms with Crippen LogP contribution >= 0.6 is 11.3 Å². The Morgan fingerprint density at radius 2 is 2.12 bits per heavy atom. The predicted octanol–water partition coefficient (Wildman–Crippen LogP) is 2.32. The normalized spacial score (nSPS) is 23.3. The van der Waals surface area contributed by atoms with Gasteiger partial charge < -0.3 is 5.32 Å². The van der Waals surface area contributed by atoms with E-state index in [-0.39, 0.29) is 16.4 Å². The molecular formula is C21H23N7O2S2. The molecule has 3 aromatic rings. The van der Waals surface area contributed by atoms with Gasteiger partial charge in [0.15, 0.2) is 5.01 Å². The molecular weight excluding hydrogens is 446 g/mol. The van der Waals surface area contributed by atoms with Gasteiger partial charge in [0.05, 0.1) is 17.2 Å². The van der Waals surface area contributed by atoms with E-state index in [4.69, 9.17) is 0 Å². The molecule has 2 N–H and O–H groups in total. The van der Waals surface area contributed by atoms with Crippen LogP contribution in [-0.4, -0.2) is 46.6 Å². The summed E-state index contributed by atoms with van der Waals surface area (Å²) in [6, 6.07) is 4.13. The van der Waals surface area contributed by atoms with Crippen LogP contribution in [-0.2, 0) is 15.4 Å². The highest BCUT2D eigenvalue weighted by atomic mass is 32.2. The lowest BCUT2D eigenvalue weighted by atomic mass is 10.00. The third kappa shape index (κ3) is 3.25. The summed E-state index contributed by atoms with van der Waals surface area (Å²) < 4.78 is 31.1. The highest BCUT2D eigenvalue weighted by molar-refractivity contribution is 7.89. The van der Waals surface area contributed by atoms with E-state index in [0.29, 0.717) is 10.7 Å². The van der Waals surface area contributed by atoms with E-state index in [1.807, 2.05) is 11.3 Å². The zero-order valence-corrected chi connectivity index (χ0v) is 19.3. The van der Waals surface area contributed by atoms with Gasteiger partial charge in [0, 0.05) is 29.8 Å². The number of pyridine rings is 1. The smallest absolute Gasteiger partial charge is 0.242 e. The minimum Gasteiger partial charge on any atom is -0.316 e. The number of rotatable bonds is 6. The van der Waals surface area contributed by atoms with Crippen molar-refractivity contribution in [2.24, 2.45) is 0 Å². The molecule has 3 aliphatic rings. The molecule has 1 saturated heterocycles. The Morgan fingerprint density at radius 3 is 2.78 bits per heavy atom. The lowest BCUT2D eigenvalue weighted by molar-refractivity contribution is 0.557. The van der Waals surface area contributed by atoms with Gasteiger partial charge in [-0.25, -0.2) is 18.1 Å². The predicted molar refractivity (Wildman–Crippen MR) is 119 cm³/mol. The lowest BCUT2D eigenvalue weighted by Gasteiger charge is -2.16. The third-order valence-corrected chi connectivity index (χ3v) is 9.57. The standard InChI is InChI=1S/C21H23N7O2S2/c1-20(3-4-20)27-32(29,30)14-8-15(13-2-7-23-9-13)17-24-10-16(28(17)11-14)18-25-26-19(31-18)21(12-22)5-6-21/h8,10-11,13,23,27H,2-7,9H2,1H3. The molecule has 9 nitrogen and oxygen atoms in total. The molecule has 6 rings (SSSR count). The van der Waals surface area contributed by atoms with Crippen molar-refractivity contribution in [2.45, 2.75) is 60.8 Å². The van der Waals surface area contributed by atoms with E-state index in [1.54, 1.807) is 18.5 Å². The number of fused-ring (bicyclic) bond motifs is 1. The topological polar surface area (TPSA) is 125 Å². The fourth-order valence-corrected chi connectivity index (χ4v) is 6.85. The van der Waals surface area contributed by atoms with Gasteiger partial charge in [-0.1, -0.05) is 11.3 Å². The van der Waals surface area contributed by atoms with Crippen molar-refractivity contribution in [3.8, 4) is 16.8 Å². The second-order valence-electron chi connectivity index (χ2n) is 9.43. The summed E-state index contributed by atoms with van der Waals surface area (Å²) in [5.74, 6) is 0.192. The molecule has 2 aliphatic carbocycles. The van der Waals surface area contributed by atoms with Gasteiger partial charge in [0.1, 0.15) is 21.8 Å². The van der Waals surface area contributed by atoms with Gasteiger partial charge >= 0.3 is 0 Å². The molecule has 0 aromatic carbocycles. The molecule has 0 amide bonds. The van der Waals surface area contributed by atoms with Crippen LogP contribution in [0.4, 0.5) is 0 Å². The second-order valence-corrected chi connectivity index (χ2v) is 12.1. The van der Waals surface area contributed by atoms with Gasteiger partial charge in [-0.2, -0.15) is 5.26 Å². The zero-order chi connectivity index (χ0) is 22.1. The van der Waals surface area contributed by atoms with Crippen molar-refractivity contribution in [3.63, 3.8) is 0 Å². The number of aromatic nitrogens is 4. The van der Waals surface area contributed by atoms with Crippen molar-refractivity contribution in [1.82, 2.24) is 29.6 Å². The average Bonchev–Trinajstić information content (AvgIpc) is 3.43. The molecule has 1 aliphatic heterocycles. The van der Waals surface area contributed by atoms with Gasteiger partial charge in [0.25, 0.3) is 0 Å². The van der Waals surface area contributed by atoms with Crippen LogP contribution in [0, 0.1) is 11.3 Å². The van der Waals surface area contributed by atoms with Crippen molar-refractivity contribution in [1.29, 1.82) is 5.26 Å². The van der Waals surface area contributed by atoms with Crippen molar-refractivity contribution >= 4 is 27.0 Å². The summed E-state index contributed by atoms with van der Waals surface area (Å²) in [6.45, 7) is 3.62. The molecule has 4 heterocycles. The van der Waals surface area contributed by atoms with Crippen LogP contribution in [0.3, 0.4) is 0 Å². The average molecular weight is 470 g/mol. The van der Waals surface area contributed by atoms with Gasteiger partial charge in [-0.15, -0.1) is 10.2 Å². The molecule has 32 heavy (non-hydrogen) atoms.